The third-order valence-electron chi connectivity index (χ3n) is 7.42. The van der Waals surface area contributed by atoms with Gasteiger partial charge >= 0.3 is 5.97 Å². The van der Waals surface area contributed by atoms with Gasteiger partial charge in [0.05, 0.1) is 19.2 Å². The summed E-state index contributed by atoms with van der Waals surface area (Å²) in [5.74, 6) is 9.75. The van der Waals surface area contributed by atoms with Crippen LogP contribution in [-0.2, 0) is 14.4 Å². The van der Waals surface area contributed by atoms with E-state index in [0.717, 1.165) is 32.3 Å². The van der Waals surface area contributed by atoms with Gasteiger partial charge in [-0.25, -0.2) is 10.7 Å². The maximum absolute atomic E-state index is 13.2. The molecule has 13 nitrogen and oxygen atoms in total. The highest BCUT2D eigenvalue weighted by Gasteiger charge is 2.32. The molecule has 1 aliphatic heterocycles. The van der Waals surface area contributed by atoms with E-state index in [9.17, 15) is 14.4 Å². The lowest BCUT2D eigenvalue weighted by atomic mass is 9.99. The molecule has 0 fully saturated rings. The number of aromatic nitrogens is 3. The second kappa shape index (κ2) is 14.7. The first kappa shape index (κ1) is 33.6. The van der Waals surface area contributed by atoms with Gasteiger partial charge < -0.3 is 19.8 Å². The van der Waals surface area contributed by atoms with Gasteiger partial charge in [0.1, 0.15) is 29.0 Å². The maximum atomic E-state index is 13.2. The number of benzene rings is 1. The zero-order valence-corrected chi connectivity index (χ0v) is 27.7. The minimum atomic E-state index is -0.707. The number of hydrogen-bond donors (Lipinski definition) is 3. The van der Waals surface area contributed by atoms with Crippen molar-refractivity contribution in [1.29, 1.82) is 0 Å². The first-order valence-corrected chi connectivity index (χ1v) is 15.8. The number of aryl methyl sites for hydroxylation is 2. The monoisotopic (exact) mass is 677 g/mol. The van der Waals surface area contributed by atoms with Crippen LogP contribution in [0.1, 0.15) is 78.8 Å². The topological polar surface area (TPSA) is 176 Å². The number of carbonyl (C=O) groups excluding carboxylic acids is 3. The number of ether oxygens (including phenoxy) is 1. The molecule has 0 saturated heterocycles. The van der Waals surface area contributed by atoms with E-state index in [-0.39, 0.29) is 42.6 Å². The number of nitrogens with zero attached hydrogens (tertiary/aromatic N) is 4. The fourth-order valence-corrected chi connectivity index (χ4v) is 6.34. The Labute approximate surface area is 279 Å². The zero-order valence-electron chi connectivity index (χ0n) is 26.1. The van der Waals surface area contributed by atoms with E-state index in [0.29, 0.717) is 29.6 Å². The number of nitrogens with two attached hydrogens (primary N) is 1. The molecule has 47 heavy (non-hydrogen) atoms. The fraction of sp³-hybridized carbons (Fsp3) is 0.312. The second-order valence-electron chi connectivity index (χ2n) is 10.5. The number of halogens is 1. The van der Waals surface area contributed by atoms with Crippen molar-refractivity contribution in [2.45, 2.75) is 39.7 Å². The van der Waals surface area contributed by atoms with Gasteiger partial charge in [-0.15, -0.1) is 21.5 Å². The molecule has 0 saturated carbocycles. The molecule has 0 spiro atoms. The normalized spacial score (nSPS) is 13.4. The Hall–Kier alpha value is -4.81. The van der Waals surface area contributed by atoms with Crippen LogP contribution in [0, 0.1) is 32.6 Å². The number of methoxy groups -OCH3 is 1. The number of rotatable bonds is 10. The van der Waals surface area contributed by atoms with Gasteiger partial charge in [0, 0.05) is 40.2 Å². The molecule has 0 aliphatic carbocycles. The highest BCUT2D eigenvalue weighted by atomic mass is 35.5. The molecule has 244 valence electrons. The van der Waals surface area contributed by atoms with Gasteiger partial charge in [0.15, 0.2) is 17.3 Å². The molecular formula is C32H32ClN7O6S. The van der Waals surface area contributed by atoms with Crippen LogP contribution in [0.15, 0.2) is 39.7 Å². The Morgan fingerprint density at radius 3 is 2.60 bits per heavy atom. The summed E-state index contributed by atoms with van der Waals surface area (Å²) in [4.78, 5) is 48.6. The summed E-state index contributed by atoms with van der Waals surface area (Å²) in [5, 5.41) is 16.0. The Balaban J connectivity index is 1.25. The fourth-order valence-electron chi connectivity index (χ4n) is 5.00. The van der Waals surface area contributed by atoms with E-state index in [2.05, 4.69) is 51.4 Å². The lowest BCUT2D eigenvalue weighted by molar-refractivity contribution is -0.121. The molecule has 4 aromatic rings. The van der Waals surface area contributed by atoms with Crippen molar-refractivity contribution in [1.82, 2.24) is 25.4 Å². The summed E-state index contributed by atoms with van der Waals surface area (Å²) in [7, 11) is 1.21. The Morgan fingerprint density at radius 1 is 1.13 bits per heavy atom. The van der Waals surface area contributed by atoms with E-state index >= 15 is 0 Å². The van der Waals surface area contributed by atoms with Crippen molar-refractivity contribution in [3.63, 3.8) is 0 Å². The van der Waals surface area contributed by atoms with Crippen molar-refractivity contribution in [3.05, 3.63) is 85.7 Å². The summed E-state index contributed by atoms with van der Waals surface area (Å²) in [6.45, 7) is 6.44. The Bertz CT molecular complexity index is 1920. The van der Waals surface area contributed by atoms with Crippen LogP contribution in [-0.4, -0.2) is 65.1 Å². The predicted octanol–water partition coefficient (Wildman–Crippen LogP) is 3.75. The first-order chi connectivity index (χ1) is 22.6. The number of aliphatic imine (C=N–C) groups is 1. The first-order valence-electron chi connectivity index (χ1n) is 14.6. The minimum absolute atomic E-state index is 0.00110. The van der Waals surface area contributed by atoms with Crippen LogP contribution in [0.3, 0.4) is 0 Å². The zero-order chi connectivity index (χ0) is 33.7. The van der Waals surface area contributed by atoms with Gasteiger partial charge in [0.25, 0.3) is 5.91 Å². The molecule has 1 aliphatic rings. The maximum Gasteiger partial charge on any atom is 0.342 e. The molecule has 4 heterocycles. The van der Waals surface area contributed by atoms with Crippen molar-refractivity contribution >= 4 is 46.4 Å². The van der Waals surface area contributed by atoms with Crippen LogP contribution < -0.4 is 16.5 Å². The van der Waals surface area contributed by atoms with E-state index < -0.39 is 17.9 Å². The quantitative estimate of drug-likeness (QED) is 0.0977. The molecular weight excluding hydrogens is 646 g/mol. The van der Waals surface area contributed by atoms with Gasteiger partial charge in [-0.05, 0) is 50.8 Å². The highest BCUT2D eigenvalue weighted by molar-refractivity contribution is 7.15. The number of esters is 1. The molecule has 15 heteroatoms. The molecule has 0 radical (unpaired) electrons. The number of hydrogen-bond acceptors (Lipinski definition) is 11. The number of carbonyl (C=O) groups is 3. The summed E-state index contributed by atoms with van der Waals surface area (Å²) >= 11 is 7.83. The highest BCUT2D eigenvalue weighted by Crippen LogP contribution is 2.39. The Kier molecular flexibility index (Phi) is 10.5. The molecule has 1 atom stereocenters. The lowest BCUT2D eigenvalue weighted by Gasteiger charge is -2.13. The van der Waals surface area contributed by atoms with E-state index in [1.807, 2.05) is 35.8 Å². The number of furan rings is 1. The molecule has 0 unspecified atom stereocenters. The van der Waals surface area contributed by atoms with Gasteiger partial charge in [0.2, 0.25) is 5.91 Å². The summed E-state index contributed by atoms with van der Waals surface area (Å²) in [6.07, 6.45) is 0.466. The van der Waals surface area contributed by atoms with Gasteiger partial charge in [-0.2, -0.15) is 0 Å². The number of nitrogens with one attached hydrogen (secondary N) is 2. The SMILES string of the molecule is COC(=O)c1cc(C(=O)NCCCNC(=O)C[C@@H]2N=C(c3ccc(Cl)cc3)c3c(sc(C)c3C)-n3c(C)nnc32)oc1C#CCON. The Morgan fingerprint density at radius 2 is 1.87 bits per heavy atom. The van der Waals surface area contributed by atoms with E-state index in [4.69, 9.17) is 31.6 Å². The third-order valence-corrected chi connectivity index (χ3v) is 8.86. The largest absolute Gasteiger partial charge is 0.465 e. The second-order valence-corrected chi connectivity index (χ2v) is 12.2. The van der Waals surface area contributed by atoms with Crippen LogP contribution in [0.25, 0.3) is 5.00 Å². The molecule has 3 aromatic heterocycles. The van der Waals surface area contributed by atoms with Gasteiger partial charge in [-0.1, -0.05) is 29.7 Å². The van der Waals surface area contributed by atoms with Crippen LogP contribution in [0.5, 0.6) is 0 Å². The molecule has 1 aromatic carbocycles. The average Bonchev–Trinajstić information content (AvgIpc) is 3.71. The summed E-state index contributed by atoms with van der Waals surface area (Å²) in [6, 6.07) is 8.14. The smallest absolute Gasteiger partial charge is 0.342 e. The summed E-state index contributed by atoms with van der Waals surface area (Å²) < 4.78 is 12.2. The van der Waals surface area contributed by atoms with E-state index in [1.165, 1.54) is 13.2 Å². The van der Waals surface area contributed by atoms with Crippen molar-refractivity contribution in [2.75, 3.05) is 26.8 Å². The van der Waals surface area contributed by atoms with Crippen molar-refractivity contribution in [2.24, 2.45) is 10.9 Å². The number of amides is 2. The average molecular weight is 678 g/mol. The minimum Gasteiger partial charge on any atom is -0.465 e. The van der Waals surface area contributed by atoms with Crippen LogP contribution >= 0.6 is 22.9 Å². The van der Waals surface area contributed by atoms with Crippen molar-refractivity contribution in [3.8, 4) is 16.8 Å². The van der Waals surface area contributed by atoms with Gasteiger partial charge in [-0.3, -0.25) is 24.0 Å². The number of fused-ring (bicyclic) bond motifs is 3. The molecule has 5 rings (SSSR count). The molecule has 2 amide bonds. The van der Waals surface area contributed by atoms with Crippen LogP contribution in [0.4, 0.5) is 0 Å². The molecule has 0 bridgehead atoms. The number of thiophene rings is 1. The van der Waals surface area contributed by atoms with E-state index in [1.54, 1.807) is 11.3 Å². The molecule has 4 N–H and O–H groups in total. The third kappa shape index (κ3) is 7.28. The van der Waals surface area contributed by atoms with Crippen molar-refractivity contribution < 1.29 is 28.4 Å². The van der Waals surface area contributed by atoms with Crippen LogP contribution in [0.2, 0.25) is 5.02 Å². The predicted molar refractivity (Wildman–Crippen MR) is 175 cm³/mol. The standard InChI is InChI=1S/C32H32ClN7O6S/c1-17-18(2)47-31-27(17)28(20-8-10-21(33)11-9-20)37-23(29-39-38-19(3)40(29)31)16-26(41)35-12-6-13-36-30(42)25-15-22(32(43)44-4)24(46-25)7-5-14-45-34/h8-11,15,23H,6,12-14,16,34H2,1-4H3,(H,35,41)(H,36,42)/t23-/m0/s1. The summed E-state index contributed by atoms with van der Waals surface area (Å²) in [5.41, 5.74) is 3.73. The lowest BCUT2D eigenvalue weighted by Crippen LogP contribution is -2.30.